The first-order valence-electron chi connectivity index (χ1n) is 11.2. The number of hydrogen-bond donors (Lipinski definition) is 1. The molecule has 6 rings (SSSR count). The molecule has 1 fully saturated rings. The van der Waals surface area contributed by atoms with Crippen LogP contribution in [-0.4, -0.2) is 34.6 Å². The number of rotatable bonds is 2. The summed E-state index contributed by atoms with van der Waals surface area (Å²) in [6.07, 6.45) is 3.06. The lowest BCUT2D eigenvalue weighted by atomic mass is 9.92. The van der Waals surface area contributed by atoms with E-state index in [0.717, 1.165) is 58.4 Å². The summed E-state index contributed by atoms with van der Waals surface area (Å²) in [6, 6.07) is 19.0. The summed E-state index contributed by atoms with van der Waals surface area (Å²) in [4.78, 5) is 18.1. The van der Waals surface area contributed by atoms with Gasteiger partial charge >= 0.3 is 5.69 Å². The molecule has 2 aliphatic rings. The van der Waals surface area contributed by atoms with E-state index in [1.54, 1.807) is 6.07 Å². The predicted molar refractivity (Wildman–Crippen MR) is 128 cm³/mol. The Bertz CT molecular complexity index is 1470. The summed E-state index contributed by atoms with van der Waals surface area (Å²) in [5.41, 5.74) is 6.56. The van der Waals surface area contributed by atoms with E-state index in [4.69, 9.17) is 4.74 Å². The van der Waals surface area contributed by atoms with Gasteiger partial charge in [-0.1, -0.05) is 30.3 Å². The average molecular weight is 442 g/mol. The summed E-state index contributed by atoms with van der Waals surface area (Å²) in [5, 5.41) is 0. The Kier molecular flexibility index (Phi) is 4.69. The van der Waals surface area contributed by atoms with Crippen molar-refractivity contribution in [2.75, 3.05) is 20.1 Å². The summed E-state index contributed by atoms with van der Waals surface area (Å²) < 4.78 is 21.8. The normalized spacial score (nSPS) is 19.3. The van der Waals surface area contributed by atoms with Gasteiger partial charge in [0.15, 0.2) is 0 Å². The van der Waals surface area contributed by atoms with Crippen LogP contribution >= 0.6 is 0 Å². The largest absolute Gasteiger partial charge is 0.488 e. The standard InChI is InChI=1S/C27H24FN3O2/c1-30-11-10-20(15-30)31-25-9-6-17(13-24(25)29-27(31)32)12-23-21-5-3-2-4-18(21)16-33-26-14-19(28)7-8-22(23)26/h2-9,12-14,20H,10-11,15-16H2,1H3,(H,29,32)/b23-12+/t20-/m1/s1. The lowest BCUT2D eigenvalue weighted by Gasteiger charge is -2.13. The maximum Gasteiger partial charge on any atom is 0.326 e. The molecular weight excluding hydrogens is 417 g/mol. The van der Waals surface area contributed by atoms with Gasteiger partial charge in [-0.3, -0.25) is 4.57 Å². The van der Waals surface area contributed by atoms with E-state index in [-0.39, 0.29) is 17.5 Å². The Balaban J connectivity index is 1.49. The van der Waals surface area contributed by atoms with Crippen molar-refractivity contribution in [2.24, 2.45) is 0 Å². The molecule has 0 radical (unpaired) electrons. The lowest BCUT2D eigenvalue weighted by molar-refractivity contribution is 0.305. The van der Waals surface area contributed by atoms with Gasteiger partial charge in [-0.15, -0.1) is 0 Å². The van der Waals surface area contributed by atoms with Gasteiger partial charge in [0.25, 0.3) is 0 Å². The number of likely N-dealkylation sites (tertiary alicyclic amines) is 1. The fourth-order valence-electron chi connectivity index (χ4n) is 5.09. The van der Waals surface area contributed by atoms with Crippen molar-refractivity contribution in [1.29, 1.82) is 0 Å². The van der Waals surface area contributed by atoms with E-state index in [9.17, 15) is 9.18 Å². The van der Waals surface area contributed by atoms with Gasteiger partial charge in [0.05, 0.1) is 17.1 Å². The number of imidazole rings is 1. The molecule has 0 bridgehead atoms. The summed E-state index contributed by atoms with van der Waals surface area (Å²) >= 11 is 0. The Labute approximate surface area is 190 Å². The molecule has 5 nitrogen and oxygen atoms in total. The van der Waals surface area contributed by atoms with E-state index in [0.29, 0.717) is 12.4 Å². The number of hydrogen-bond acceptors (Lipinski definition) is 3. The molecule has 1 N–H and O–H groups in total. The maximum atomic E-state index is 13.9. The Morgan fingerprint density at radius 3 is 2.82 bits per heavy atom. The zero-order chi connectivity index (χ0) is 22.5. The molecule has 0 amide bonds. The van der Waals surface area contributed by atoms with Crippen molar-refractivity contribution in [3.05, 3.63) is 99.2 Å². The highest BCUT2D eigenvalue weighted by Crippen LogP contribution is 2.38. The third-order valence-electron chi connectivity index (χ3n) is 6.71. The average Bonchev–Trinajstić information content (AvgIpc) is 3.33. The summed E-state index contributed by atoms with van der Waals surface area (Å²) in [7, 11) is 2.09. The number of nitrogens with zero attached hydrogens (tertiary/aromatic N) is 2. The number of H-pyrrole nitrogens is 1. The molecule has 0 aliphatic carbocycles. The molecule has 0 unspecified atom stereocenters. The number of ether oxygens (including phenoxy) is 1. The second kappa shape index (κ2) is 7.74. The highest BCUT2D eigenvalue weighted by Gasteiger charge is 2.24. The Morgan fingerprint density at radius 2 is 1.97 bits per heavy atom. The SMILES string of the molecule is CN1CC[C@@H](n2c(=O)[nH]c3cc(/C=C4\c5ccccc5COc5cc(F)ccc54)ccc32)C1. The maximum absolute atomic E-state index is 13.9. The minimum atomic E-state index is -0.322. The highest BCUT2D eigenvalue weighted by molar-refractivity contribution is 5.95. The molecule has 3 heterocycles. The van der Waals surface area contributed by atoms with E-state index < -0.39 is 0 Å². The van der Waals surface area contributed by atoms with Crippen LogP contribution in [0.5, 0.6) is 5.75 Å². The van der Waals surface area contributed by atoms with Crippen LogP contribution in [0.25, 0.3) is 22.7 Å². The third-order valence-corrected chi connectivity index (χ3v) is 6.71. The molecule has 2 aliphatic heterocycles. The third kappa shape index (κ3) is 3.47. The van der Waals surface area contributed by atoms with E-state index in [1.807, 2.05) is 41.0 Å². The van der Waals surface area contributed by atoms with Crippen LogP contribution in [0.1, 0.15) is 34.7 Å². The molecule has 0 saturated carbocycles. The Morgan fingerprint density at radius 1 is 1.09 bits per heavy atom. The van der Waals surface area contributed by atoms with E-state index in [1.165, 1.54) is 12.1 Å². The van der Waals surface area contributed by atoms with E-state index >= 15 is 0 Å². The van der Waals surface area contributed by atoms with Crippen molar-refractivity contribution in [1.82, 2.24) is 14.5 Å². The summed E-state index contributed by atoms with van der Waals surface area (Å²) in [6.45, 7) is 2.26. The van der Waals surface area contributed by atoms with Gasteiger partial charge in [0, 0.05) is 18.2 Å². The van der Waals surface area contributed by atoms with Gasteiger partial charge in [-0.2, -0.15) is 0 Å². The first-order chi connectivity index (χ1) is 16.1. The first-order valence-corrected chi connectivity index (χ1v) is 11.2. The molecule has 3 aromatic carbocycles. The second-order valence-electron chi connectivity index (χ2n) is 8.93. The van der Waals surface area contributed by atoms with Crippen LogP contribution in [-0.2, 0) is 6.61 Å². The van der Waals surface area contributed by atoms with Gasteiger partial charge < -0.3 is 14.6 Å². The van der Waals surface area contributed by atoms with Crippen molar-refractivity contribution in [3.63, 3.8) is 0 Å². The van der Waals surface area contributed by atoms with Crippen molar-refractivity contribution in [2.45, 2.75) is 19.1 Å². The zero-order valence-corrected chi connectivity index (χ0v) is 18.3. The van der Waals surface area contributed by atoms with Gasteiger partial charge in [0.2, 0.25) is 0 Å². The van der Waals surface area contributed by atoms with Crippen LogP contribution in [0, 0.1) is 5.82 Å². The highest BCUT2D eigenvalue weighted by atomic mass is 19.1. The van der Waals surface area contributed by atoms with Crippen LogP contribution in [0.2, 0.25) is 0 Å². The molecule has 4 aromatic rings. The molecular formula is C27H24FN3O2. The molecule has 6 heteroatoms. The number of nitrogens with one attached hydrogen (secondary N) is 1. The number of benzene rings is 3. The second-order valence-corrected chi connectivity index (χ2v) is 8.93. The minimum absolute atomic E-state index is 0.0656. The van der Waals surface area contributed by atoms with Gasteiger partial charge in [-0.05, 0) is 72.6 Å². The van der Waals surface area contributed by atoms with Crippen molar-refractivity contribution < 1.29 is 9.13 Å². The van der Waals surface area contributed by atoms with Gasteiger partial charge in [0.1, 0.15) is 18.2 Å². The fourth-order valence-corrected chi connectivity index (χ4v) is 5.09. The van der Waals surface area contributed by atoms with Crippen molar-refractivity contribution in [3.8, 4) is 5.75 Å². The van der Waals surface area contributed by atoms with E-state index in [2.05, 4.69) is 29.1 Å². The molecule has 1 saturated heterocycles. The molecule has 33 heavy (non-hydrogen) atoms. The number of aromatic amines is 1. The minimum Gasteiger partial charge on any atom is -0.488 e. The molecule has 166 valence electrons. The van der Waals surface area contributed by atoms with Gasteiger partial charge in [-0.25, -0.2) is 9.18 Å². The Hall–Kier alpha value is -3.64. The van der Waals surface area contributed by atoms with Crippen LogP contribution in [0.3, 0.4) is 0 Å². The zero-order valence-electron chi connectivity index (χ0n) is 18.3. The molecule has 1 aromatic heterocycles. The number of aromatic nitrogens is 2. The molecule has 0 spiro atoms. The quantitative estimate of drug-likeness (QED) is 0.485. The topological polar surface area (TPSA) is 50.3 Å². The molecule has 1 atom stereocenters. The number of halogens is 1. The smallest absolute Gasteiger partial charge is 0.326 e. The van der Waals surface area contributed by atoms with Crippen LogP contribution < -0.4 is 10.4 Å². The number of fused-ring (bicyclic) bond motifs is 3. The first kappa shape index (κ1) is 20.0. The fraction of sp³-hybridized carbons (Fsp3) is 0.222. The lowest BCUT2D eigenvalue weighted by Crippen LogP contribution is -2.24. The van der Waals surface area contributed by atoms with Crippen LogP contribution in [0.15, 0.2) is 65.5 Å². The van der Waals surface area contributed by atoms with Crippen molar-refractivity contribution >= 4 is 22.7 Å². The summed E-state index contributed by atoms with van der Waals surface area (Å²) in [5.74, 6) is 0.209. The monoisotopic (exact) mass is 441 g/mol. The van der Waals surface area contributed by atoms with Crippen LogP contribution in [0.4, 0.5) is 4.39 Å². The predicted octanol–water partition coefficient (Wildman–Crippen LogP) is 4.83. The number of likely N-dealkylation sites (N-methyl/N-ethyl adjacent to an activating group) is 1.